The van der Waals surface area contributed by atoms with Gasteiger partial charge < -0.3 is 14.7 Å². The lowest BCUT2D eigenvalue weighted by atomic mass is 9.98. The molecule has 5 rings (SSSR count). The van der Waals surface area contributed by atoms with E-state index in [4.69, 9.17) is 4.74 Å². The SMILES string of the molecule is O=C(Nc1ccc(F)c(C(=O)N2CSCC2C(=O)O)c1)OCC1c2ccccc2-c2ccccc21. The summed E-state index contributed by atoms with van der Waals surface area (Å²) >= 11 is 1.28. The molecule has 2 amide bonds. The Hall–Kier alpha value is -3.85. The number of hydrogen-bond acceptors (Lipinski definition) is 5. The summed E-state index contributed by atoms with van der Waals surface area (Å²) in [6.07, 6.45) is -0.739. The van der Waals surface area contributed by atoms with Crippen molar-refractivity contribution in [2.24, 2.45) is 0 Å². The molecule has 1 aliphatic heterocycles. The Morgan fingerprint density at radius 1 is 1.03 bits per heavy atom. The molecule has 1 unspecified atom stereocenters. The first-order valence-corrected chi connectivity index (χ1v) is 12.1. The molecule has 1 atom stereocenters. The minimum atomic E-state index is -1.14. The standard InChI is InChI=1S/C26H21FN2O5S/c27-22-10-9-15(11-20(22)24(30)29-14-35-13-23(29)25(31)32)28-26(33)34-12-21-18-7-3-1-5-16(18)17-6-2-4-8-19(17)21/h1-11,21,23H,12-14H2,(H,28,33)(H,31,32). The molecule has 0 bridgehead atoms. The molecule has 0 saturated carbocycles. The maximum Gasteiger partial charge on any atom is 0.411 e. The fourth-order valence-corrected chi connectivity index (χ4v) is 5.67. The lowest BCUT2D eigenvalue weighted by molar-refractivity contribution is -0.140. The lowest BCUT2D eigenvalue weighted by Crippen LogP contribution is -2.42. The number of rotatable bonds is 5. The highest BCUT2D eigenvalue weighted by Gasteiger charge is 2.36. The average molecular weight is 493 g/mol. The predicted molar refractivity (Wildman–Crippen MR) is 130 cm³/mol. The van der Waals surface area contributed by atoms with E-state index >= 15 is 0 Å². The van der Waals surface area contributed by atoms with E-state index in [1.807, 2.05) is 48.5 Å². The van der Waals surface area contributed by atoms with E-state index in [0.29, 0.717) is 0 Å². The smallest absolute Gasteiger partial charge is 0.411 e. The number of amides is 2. The third-order valence-corrected chi connectivity index (χ3v) is 7.23. The number of nitrogens with one attached hydrogen (secondary N) is 1. The molecule has 1 fully saturated rings. The Balaban J connectivity index is 1.28. The zero-order valence-corrected chi connectivity index (χ0v) is 19.3. The van der Waals surface area contributed by atoms with Gasteiger partial charge in [-0.25, -0.2) is 14.0 Å². The van der Waals surface area contributed by atoms with Crippen LogP contribution in [0.4, 0.5) is 14.9 Å². The van der Waals surface area contributed by atoms with Crippen molar-refractivity contribution in [1.82, 2.24) is 4.90 Å². The summed E-state index contributed by atoms with van der Waals surface area (Å²) in [5.74, 6) is -2.40. The first-order valence-electron chi connectivity index (χ1n) is 11.0. The molecule has 1 heterocycles. The van der Waals surface area contributed by atoms with Crippen molar-refractivity contribution in [2.45, 2.75) is 12.0 Å². The van der Waals surface area contributed by atoms with Crippen molar-refractivity contribution in [1.29, 1.82) is 0 Å². The molecule has 2 aliphatic rings. The second kappa shape index (κ2) is 9.42. The van der Waals surface area contributed by atoms with Gasteiger partial charge in [-0.1, -0.05) is 48.5 Å². The van der Waals surface area contributed by atoms with Crippen LogP contribution in [-0.2, 0) is 9.53 Å². The summed E-state index contributed by atoms with van der Waals surface area (Å²) in [4.78, 5) is 37.9. The van der Waals surface area contributed by atoms with E-state index in [0.717, 1.165) is 33.2 Å². The Labute approximate surface area is 204 Å². The number of anilines is 1. The van der Waals surface area contributed by atoms with Gasteiger partial charge in [0.25, 0.3) is 5.91 Å². The molecule has 1 saturated heterocycles. The molecular weight excluding hydrogens is 471 g/mol. The number of halogens is 1. The highest BCUT2D eigenvalue weighted by Crippen LogP contribution is 2.44. The van der Waals surface area contributed by atoms with Gasteiger partial charge >= 0.3 is 12.1 Å². The van der Waals surface area contributed by atoms with E-state index in [1.54, 1.807) is 0 Å². The van der Waals surface area contributed by atoms with E-state index in [9.17, 15) is 23.9 Å². The first kappa shape index (κ1) is 22.9. The van der Waals surface area contributed by atoms with Gasteiger partial charge in [0.2, 0.25) is 0 Å². The van der Waals surface area contributed by atoms with E-state index in [1.165, 1.54) is 23.9 Å². The van der Waals surface area contributed by atoms with Crippen LogP contribution in [-0.4, -0.2) is 52.3 Å². The van der Waals surface area contributed by atoms with Crippen LogP contribution in [0.2, 0.25) is 0 Å². The predicted octanol–water partition coefficient (Wildman–Crippen LogP) is 4.79. The monoisotopic (exact) mass is 492 g/mol. The summed E-state index contributed by atoms with van der Waals surface area (Å²) < 4.78 is 19.9. The molecule has 3 aromatic rings. The number of fused-ring (bicyclic) bond motifs is 3. The van der Waals surface area contributed by atoms with Crippen molar-refractivity contribution < 1.29 is 28.6 Å². The van der Waals surface area contributed by atoms with Gasteiger partial charge in [-0.05, 0) is 40.5 Å². The van der Waals surface area contributed by atoms with E-state index in [2.05, 4.69) is 5.32 Å². The van der Waals surface area contributed by atoms with Crippen molar-refractivity contribution >= 4 is 35.4 Å². The Morgan fingerprint density at radius 3 is 2.34 bits per heavy atom. The van der Waals surface area contributed by atoms with Gasteiger partial charge in [-0.15, -0.1) is 11.8 Å². The van der Waals surface area contributed by atoms with Crippen LogP contribution in [0, 0.1) is 5.82 Å². The topological polar surface area (TPSA) is 95.9 Å². The zero-order chi connectivity index (χ0) is 24.5. The summed E-state index contributed by atoms with van der Waals surface area (Å²) in [6, 6.07) is 18.5. The Bertz CT molecular complexity index is 1290. The van der Waals surface area contributed by atoms with Crippen molar-refractivity contribution in [3.05, 3.63) is 89.2 Å². The number of thioether (sulfide) groups is 1. The molecule has 9 heteroatoms. The number of ether oxygens (including phenoxy) is 1. The maximum atomic E-state index is 14.4. The van der Waals surface area contributed by atoms with Crippen LogP contribution in [0.15, 0.2) is 66.7 Å². The number of carbonyl (C=O) groups is 3. The van der Waals surface area contributed by atoms with Gasteiger partial charge in [0.1, 0.15) is 18.5 Å². The summed E-state index contributed by atoms with van der Waals surface area (Å²) in [7, 11) is 0. The quantitative estimate of drug-likeness (QED) is 0.532. The van der Waals surface area contributed by atoms with Crippen molar-refractivity contribution in [2.75, 3.05) is 23.6 Å². The Kier molecular flexibility index (Phi) is 6.17. The molecular formula is C26H21FN2O5S. The summed E-state index contributed by atoms with van der Waals surface area (Å²) in [5.41, 5.74) is 4.23. The van der Waals surface area contributed by atoms with Crippen LogP contribution < -0.4 is 5.32 Å². The second-order valence-electron chi connectivity index (χ2n) is 8.27. The molecule has 178 valence electrons. The van der Waals surface area contributed by atoms with Crippen LogP contribution in [0.5, 0.6) is 0 Å². The number of benzene rings is 3. The second-order valence-corrected chi connectivity index (χ2v) is 9.27. The van der Waals surface area contributed by atoms with Crippen LogP contribution in [0.1, 0.15) is 27.4 Å². The number of carboxylic acids is 1. The fourth-order valence-electron chi connectivity index (χ4n) is 4.52. The molecule has 35 heavy (non-hydrogen) atoms. The van der Waals surface area contributed by atoms with Gasteiger partial charge in [0.15, 0.2) is 0 Å². The third-order valence-electron chi connectivity index (χ3n) is 6.22. The minimum absolute atomic E-state index is 0.109. The zero-order valence-electron chi connectivity index (χ0n) is 18.4. The van der Waals surface area contributed by atoms with E-state index in [-0.39, 0.29) is 35.4 Å². The lowest BCUT2D eigenvalue weighted by Gasteiger charge is -2.21. The molecule has 0 spiro atoms. The third kappa shape index (κ3) is 4.35. The fraction of sp³-hybridized carbons (Fsp3) is 0.192. The van der Waals surface area contributed by atoms with Crippen LogP contribution in [0.3, 0.4) is 0 Å². The van der Waals surface area contributed by atoms with Gasteiger partial charge in [0.05, 0.1) is 11.4 Å². The maximum absolute atomic E-state index is 14.4. The largest absolute Gasteiger partial charge is 0.480 e. The molecule has 7 nitrogen and oxygen atoms in total. The number of hydrogen-bond donors (Lipinski definition) is 2. The number of nitrogens with zero attached hydrogens (tertiary/aromatic N) is 1. The van der Waals surface area contributed by atoms with Gasteiger partial charge in [-0.3, -0.25) is 10.1 Å². The normalized spacial score (nSPS) is 16.5. The Morgan fingerprint density at radius 2 is 1.69 bits per heavy atom. The molecule has 1 aliphatic carbocycles. The minimum Gasteiger partial charge on any atom is -0.480 e. The van der Waals surface area contributed by atoms with E-state index < -0.39 is 29.8 Å². The van der Waals surface area contributed by atoms with Crippen LogP contribution in [0.25, 0.3) is 11.1 Å². The van der Waals surface area contributed by atoms with Gasteiger partial charge in [-0.2, -0.15) is 0 Å². The van der Waals surface area contributed by atoms with Crippen LogP contribution >= 0.6 is 11.8 Å². The number of carbonyl (C=O) groups excluding carboxylic acids is 2. The van der Waals surface area contributed by atoms with Gasteiger partial charge in [0, 0.05) is 17.4 Å². The first-order chi connectivity index (χ1) is 16.9. The molecule has 2 N–H and O–H groups in total. The highest BCUT2D eigenvalue weighted by atomic mass is 32.2. The summed E-state index contributed by atoms with van der Waals surface area (Å²) in [5, 5.41) is 11.9. The summed E-state index contributed by atoms with van der Waals surface area (Å²) in [6.45, 7) is 0.109. The van der Waals surface area contributed by atoms with Crippen molar-refractivity contribution in [3.63, 3.8) is 0 Å². The molecule has 3 aromatic carbocycles. The highest BCUT2D eigenvalue weighted by molar-refractivity contribution is 7.99. The molecule has 0 radical (unpaired) electrons. The number of carboxylic acid groups (broad SMARTS) is 1. The molecule has 0 aromatic heterocycles. The number of aliphatic carboxylic acids is 1. The average Bonchev–Trinajstić information content (AvgIpc) is 3.47. The van der Waals surface area contributed by atoms with Crippen molar-refractivity contribution in [3.8, 4) is 11.1 Å².